The average molecular weight is 263 g/mol. The lowest BCUT2D eigenvalue weighted by Crippen LogP contribution is -2.34. The van der Waals surface area contributed by atoms with Crippen molar-refractivity contribution in [3.63, 3.8) is 0 Å². The Balaban J connectivity index is 1.93. The lowest BCUT2D eigenvalue weighted by molar-refractivity contribution is 0.0524. The molecule has 1 unspecified atom stereocenters. The first kappa shape index (κ1) is 13.7. The fourth-order valence-corrected chi connectivity index (χ4v) is 2.41. The van der Waals surface area contributed by atoms with E-state index >= 15 is 0 Å². The summed E-state index contributed by atoms with van der Waals surface area (Å²) >= 11 is 0. The summed E-state index contributed by atoms with van der Waals surface area (Å²) in [5, 5.41) is 12.3. The Labute approximate surface area is 113 Å². The van der Waals surface area contributed by atoms with Crippen molar-refractivity contribution < 1.29 is 14.6 Å². The molecule has 0 saturated carbocycles. The molecule has 1 atom stereocenters. The zero-order valence-corrected chi connectivity index (χ0v) is 11.7. The number of phenols is 1. The minimum absolute atomic E-state index is 0.259. The molecule has 104 valence electrons. The van der Waals surface area contributed by atoms with E-state index in [4.69, 9.17) is 4.74 Å². The Morgan fingerprint density at radius 2 is 2.21 bits per heavy atom. The molecule has 0 saturated heterocycles. The molecule has 0 heterocycles. The van der Waals surface area contributed by atoms with Crippen LogP contribution in [0.1, 0.15) is 44.2 Å². The van der Waals surface area contributed by atoms with E-state index in [1.54, 1.807) is 12.1 Å². The molecule has 4 nitrogen and oxygen atoms in total. The van der Waals surface area contributed by atoms with Crippen molar-refractivity contribution in [2.75, 3.05) is 6.54 Å². The molecule has 19 heavy (non-hydrogen) atoms. The summed E-state index contributed by atoms with van der Waals surface area (Å²) < 4.78 is 5.21. The highest BCUT2D eigenvalue weighted by Gasteiger charge is 2.24. The maximum atomic E-state index is 11.6. The molecule has 1 aliphatic carbocycles. The van der Waals surface area contributed by atoms with Crippen molar-refractivity contribution in [2.45, 2.75) is 45.1 Å². The second-order valence-corrected chi connectivity index (χ2v) is 6.00. The predicted molar refractivity (Wildman–Crippen MR) is 73.4 cm³/mol. The Kier molecular flexibility index (Phi) is 3.69. The van der Waals surface area contributed by atoms with Crippen LogP contribution in [-0.4, -0.2) is 23.3 Å². The standard InChI is InChI=1S/C15H21NO3/c1-15(2,3)19-14(18)16-9-11-5-4-10-6-7-12(17)8-13(10)11/h6-8,11,17H,4-5,9H2,1-3H3,(H,16,18). The SMILES string of the molecule is CC(C)(C)OC(=O)NCC1CCc2ccc(O)cc21. The number of aryl methyl sites for hydroxylation is 1. The molecule has 0 radical (unpaired) electrons. The number of alkyl carbamates (subject to hydrolysis) is 1. The lowest BCUT2D eigenvalue weighted by Gasteiger charge is -2.21. The van der Waals surface area contributed by atoms with Crippen LogP contribution in [0, 0.1) is 0 Å². The third kappa shape index (κ3) is 3.63. The highest BCUT2D eigenvalue weighted by Crippen LogP contribution is 2.34. The first-order valence-corrected chi connectivity index (χ1v) is 6.64. The van der Waals surface area contributed by atoms with E-state index in [0.717, 1.165) is 18.4 Å². The van der Waals surface area contributed by atoms with E-state index in [1.165, 1.54) is 5.56 Å². The zero-order valence-electron chi connectivity index (χ0n) is 11.7. The fourth-order valence-electron chi connectivity index (χ4n) is 2.41. The maximum absolute atomic E-state index is 11.6. The highest BCUT2D eigenvalue weighted by molar-refractivity contribution is 5.67. The summed E-state index contributed by atoms with van der Waals surface area (Å²) in [5.74, 6) is 0.539. The van der Waals surface area contributed by atoms with Gasteiger partial charge in [-0.25, -0.2) is 4.79 Å². The van der Waals surface area contributed by atoms with Gasteiger partial charge in [-0.05, 0) is 56.9 Å². The van der Waals surface area contributed by atoms with Gasteiger partial charge in [0.15, 0.2) is 0 Å². The van der Waals surface area contributed by atoms with Crippen LogP contribution in [0.3, 0.4) is 0 Å². The third-order valence-electron chi connectivity index (χ3n) is 3.22. The van der Waals surface area contributed by atoms with Crippen LogP contribution < -0.4 is 5.32 Å². The third-order valence-corrected chi connectivity index (χ3v) is 3.22. The average Bonchev–Trinajstić information content (AvgIpc) is 2.66. The summed E-state index contributed by atoms with van der Waals surface area (Å²) in [7, 11) is 0. The number of hydrogen-bond acceptors (Lipinski definition) is 3. The quantitative estimate of drug-likeness (QED) is 0.862. The number of rotatable bonds is 2. The van der Waals surface area contributed by atoms with Crippen LogP contribution in [0.4, 0.5) is 4.79 Å². The number of carbonyl (C=O) groups excluding carboxylic acids is 1. The van der Waals surface area contributed by atoms with E-state index in [1.807, 2.05) is 26.8 Å². The van der Waals surface area contributed by atoms with Gasteiger partial charge in [-0.1, -0.05) is 6.07 Å². The van der Waals surface area contributed by atoms with Gasteiger partial charge in [0.2, 0.25) is 0 Å². The summed E-state index contributed by atoms with van der Waals surface area (Å²) in [5.41, 5.74) is 1.92. The second kappa shape index (κ2) is 5.11. The largest absolute Gasteiger partial charge is 0.508 e. The predicted octanol–water partition coefficient (Wildman–Crippen LogP) is 2.95. The van der Waals surface area contributed by atoms with Crippen LogP contribution in [0.15, 0.2) is 18.2 Å². The van der Waals surface area contributed by atoms with Crippen LogP contribution in [0.2, 0.25) is 0 Å². The Hall–Kier alpha value is -1.71. The zero-order chi connectivity index (χ0) is 14.0. The Bertz CT molecular complexity index is 477. The minimum Gasteiger partial charge on any atom is -0.508 e. The molecule has 1 aromatic rings. The number of benzene rings is 1. The number of carbonyl (C=O) groups is 1. The van der Waals surface area contributed by atoms with Gasteiger partial charge in [0.25, 0.3) is 0 Å². The van der Waals surface area contributed by atoms with Gasteiger partial charge in [-0.3, -0.25) is 0 Å². The topological polar surface area (TPSA) is 58.6 Å². The molecule has 2 rings (SSSR count). The number of phenolic OH excluding ortho intramolecular Hbond substituents is 1. The van der Waals surface area contributed by atoms with Crippen molar-refractivity contribution in [3.8, 4) is 5.75 Å². The van der Waals surface area contributed by atoms with Gasteiger partial charge in [0.1, 0.15) is 11.4 Å². The number of fused-ring (bicyclic) bond motifs is 1. The molecule has 0 spiro atoms. The summed E-state index contributed by atoms with van der Waals surface area (Å²) in [4.78, 5) is 11.6. The molecule has 0 fully saturated rings. The van der Waals surface area contributed by atoms with Gasteiger partial charge in [0.05, 0.1) is 0 Å². The lowest BCUT2D eigenvalue weighted by atomic mass is 10.0. The summed E-state index contributed by atoms with van der Waals surface area (Å²) in [6.45, 7) is 6.08. The summed E-state index contributed by atoms with van der Waals surface area (Å²) in [6.07, 6.45) is 1.60. The van der Waals surface area contributed by atoms with Gasteiger partial charge < -0.3 is 15.2 Å². The maximum Gasteiger partial charge on any atom is 0.407 e. The van der Waals surface area contributed by atoms with Gasteiger partial charge in [0, 0.05) is 12.5 Å². The van der Waals surface area contributed by atoms with E-state index in [0.29, 0.717) is 6.54 Å². The normalized spacial score (nSPS) is 17.9. The molecule has 4 heteroatoms. The van der Waals surface area contributed by atoms with Crippen LogP contribution in [0.5, 0.6) is 5.75 Å². The minimum atomic E-state index is -0.476. The Morgan fingerprint density at radius 3 is 2.89 bits per heavy atom. The number of hydrogen-bond donors (Lipinski definition) is 2. The van der Waals surface area contributed by atoms with Gasteiger partial charge in [-0.15, -0.1) is 0 Å². The molecule has 2 N–H and O–H groups in total. The molecule has 1 aliphatic rings. The van der Waals surface area contributed by atoms with Crippen molar-refractivity contribution >= 4 is 6.09 Å². The fraction of sp³-hybridized carbons (Fsp3) is 0.533. The smallest absolute Gasteiger partial charge is 0.407 e. The van der Waals surface area contributed by atoms with Gasteiger partial charge >= 0.3 is 6.09 Å². The van der Waals surface area contributed by atoms with E-state index in [9.17, 15) is 9.90 Å². The van der Waals surface area contributed by atoms with Crippen LogP contribution in [-0.2, 0) is 11.2 Å². The number of nitrogens with one attached hydrogen (secondary N) is 1. The Morgan fingerprint density at radius 1 is 1.47 bits per heavy atom. The van der Waals surface area contributed by atoms with E-state index in [2.05, 4.69) is 5.32 Å². The van der Waals surface area contributed by atoms with Gasteiger partial charge in [-0.2, -0.15) is 0 Å². The van der Waals surface area contributed by atoms with Crippen LogP contribution >= 0.6 is 0 Å². The molecule has 0 aliphatic heterocycles. The monoisotopic (exact) mass is 263 g/mol. The highest BCUT2D eigenvalue weighted by atomic mass is 16.6. The molecule has 0 bridgehead atoms. The van der Waals surface area contributed by atoms with E-state index < -0.39 is 5.60 Å². The first-order valence-electron chi connectivity index (χ1n) is 6.64. The number of aromatic hydroxyl groups is 1. The molecular weight excluding hydrogens is 242 g/mol. The van der Waals surface area contributed by atoms with Crippen molar-refractivity contribution in [1.29, 1.82) is 0 Å². The van der Waals surface area contributed by atoms with Crippen molar-refractivity contribution in [3.05, 3.63) is 29.3 Å². The van der Waals surface area contributed by atoms with Crippen LogP contribution in [0.25, 0.3) is 0 Å². The second-order valence-electron chi connectivity index (χ2n) is 6.00. The number of amides is 1. The molecule has 0 aromatic heterocycles. The van der Waals surface area contributed by atoms with Crippen molar-refractivity contribution in [2.24, 2.45) is 0 Å². The van der Waals surface area contributed by atoms with Crippen molar-refractivity contribution in [1.82, 2.24) is 5.32 Å². The van der Waals surface area contributed by atoms with E-state index in [-0.39, 0.29) is 17.8 Å². The first-order chi connectivity index (χ1) is 8.85. The number of ether oxygens (including phenoxy) is 1. The molecular formula is C15H21NO3. The molecule has 1 aromatic carbocycles. The summed E-state index contributed by atoms with van der Waals surface area (Å²) in [6, 6.07) is 5.46. The molecule has 1 amide bonds.